The summed E-state index contributed by atoms with van der Waals surface area (Å²) >= 11 is 0. The molecule has 4 aromatic rings. The largest absolute Gasteiger partial charge is 0.375 e. The predicted octanol–water partition coefficient (Wildman–Crippen LogP) is 5.22. The fourth-order valence-corrected chi connectivity index (χ4v) is 6.91. The van der Waals surface area contributed by atoms with Crippen molar-refractivity contribution in [3.63, 3.8) is 0 Å². The molecule has 0 spiro atoms. The molecule has 0 bridgehead atoms. The molecule has 1 aromatic heterocycles. The molecule has 6 nitrogen and oxygen atoms in total. The Morgan fingerprint density at radius 1 is 0.821 bits per heavy atom. The lowest BCUT2D eigenvalue weighted by Crippen LogP contribution is -2.42. The molecule has 5 rings (SSSR count). The second-order valence-corrected chi connectivity index (χ2v) is 12.1. The lowest BCUT2D eigenvalue weighted by atomic mass is 10.1. The van der Waals surface area contributed by atoms with E-state index in [1.54, 1.807) is 18.3 Å². The molecule has 3 aromatic carbocycles. The molecule has 0 aliphatic carbocycles. The van der Waals surface area contributed by atoms with E-state index in [0.29, 0.717) is 37.8 Å². The Labute approximate surface area is 231 Å². The number of pyridine rings is 1. The van der Waals surface area contributed by atoms with Gasteiger partial charge in [0.25, 0.3) is 0 Å². The lowest BCUT2D eigenvalue weighted by Gasteiger charge is -2.28. The molecule has 39 heavy (non-hydrogen) atoms. The van der Waals surface area contributed by atoms with Gasteiger partial charge in [0, 0.05) is 19.3 Å². The van der Waals surface area contributed by atoms with Crippen LogP contribution in [0.3, 0.4) is 0 Å². The molecular formula is C32H34N2O4S. The Balaban J connectivity index is 1.45. The zero-order valence-electron chi connectivity index (χ0n) is 22.1. The van der Waals surface area contributed by atoms with Crippen LogP contribution >= 0.6 is 0 Å². The molecule has 2 heterocycles. The number of nitrogens with zero attached hydrogens (tertiary/aromatic N) is 2. The Morgan fingerprint density at radius 3 is 2.10 bits per heavy atom. The molecule has 3 atom stereocenters. The lowest BCUT2D eigenvalue weighted by molar-refractivity contribution is -0.0230. The van der Waals surface area contributed by atoms with Crippen molar-refractivity contribution in [1.82, 2.24) is 9.88 Å². The van der Waals surface area contributed by atoms with Gasteiger partial charge in [-0.15, -0.1) is 0 Å². The SMILES string of the molecule is Cc1ccc(S(=O)(=O)[C@@H]2CN(Cc3ccccn3)[C@@H](COCc3ccccc3)[C@H]2OCc2ccccc2)cc1. The summed E-state index contributed by atoms with van der Waals surface area (Å²) in [5.41, 5.74) is 3.95. The highest BCUT2D eigenvalue weighted by Gasteiger charge is 2.49. The van der Waals surface area contributed by atoms with Crippen LogP contribution in [0.5, 0.6) is 0 Å². The molecule has 0 N–H and O–H groups in total. The van der Waals surface area contributed by atoms with Crippen LogP contribution in [-0.2, 0) is 39.1 Å². The zero-order valence-corrected chi connectivity index (χ0v) is 22.9. The van der Waals surface area contributed by atoms with Crippen molar-refractivity contribution >= 4 is 9.84 Å². The van der Waals surface area contributed by atoms with Gasteiger partial charge in [0.2, 0.25) is 0 Å². The quantitative estimate of drug-likeness (QED) is 0.259. The molecule has 0 saturated carbocycles. The molecule has 1 saturated heterocycles. The van der Waals surface area contributed by atoms with Crippen molar-refractivity contribution in [3.8, 4) is 0 Å². The number of hydrogen-bond donors (Lipinski definition) is 0. The van der Waals surface area contributed by atoms with Gasteiger partial charge in [-0.3, -0.25) is 9.88 Å². The van der Waals surface area contributed by atoms with Crippen LogP contribution in [0.25, 0.3) is 0 Å². The maximum absolute atomic E-state index is 14.0. The number of hydrogen-bond acceptors (Lipinski definition) is 6. The van der Waals surface area contributed by atoms with Gasteiger partial charge in [-0.1, -0.05) is 84.4 Å². The first kappa shape index (κ1) is 27.2. The molecule has 202 valence electrons. The van der Waals surface area contributed by atoms with Gasteiger partial charge in [-0.05, 0) is 42.3 Å². The summed E-state index contributed by atoms with van der Waals surface area (Å²) < 4.78 is 40.8. The smallest absolute Gasteiger partial charge is 0.185 e. The van der Waals surface area contributed by atoms with E-state index in [-0.39, 0.29) is 6.04 Å². The normalized spacial score (nSPS) is 19.8. The third-order valence-corrected chi connectivity index (χ3v) is 9.30. The second-order valence-electron chi connectivity index (χ2n) is 9.98. The Morgan fingerprint density at radius 2 is 1.46 bits per heavy atom. The molecule has 0 radical (unpaired) electrons. The van der Waals surface area contributed by atoms with Gasteiger partial charge in [-0.2, -0.15) is 0 Å². The van der Waals surface area contributed by atoms with Gasteiger partial charge in [0.05, 0.1) is 42.6 Å². The van der Waals surface area contributed by atoms with Crippen molar-refractivity contribution in [2.45, 2.75) is 49.0 Å². The van der Waals surface area contributed by atoms with Crippen LogP contribution in [0.1, 0.15) is 22.4 Å². The first-order chi connectivity index (χ1) is 19.0. The third kappa shape index (κ3) is 6.81. The highest BCUT2D eigenvalue weighted by Crippen LogP contribution is 2.33. The van der Waals surface area contributed by atoms with Crippen molar-refractivity contribution in [3.05, 3.63) is 132 Å². The van der Waals surface area contributed by atoms with Gasteiger partial charge in [-0.25, -0.2) is 8.42 Å². The minimum absolute atomic E-state index is 0.273. The van der Waals surface area contributed by atoms with E-state index < -0.39 is 21.2 Å². The zero-order chi connectivity index (χ0) is 27.1. The van der Waals surface area contributed by atoms with E-state index in [4.69, 9.17) is 9.47 Å². The van der Waals surface area contributed by atoms with Crippen LogP contribution in [-0.4, -0.2) is 48.8 Å². The van der Waals surface area contributed by atoms with E-state index in [0.717, 1.165) is 22.4 Å². The summed E-state index contributed by atoms with van der Waals surface area (Å²) in [6, 6.07) is 32.4. The summed E-state index contributed by atoms with van der Waals surface area (Å²) in [5.74, 6) is 0. The van der Waals surface area contributed by atoms with E-state index in [1.807, 2.05) is 97.9 Å². The van der Waals surface area contributed by atoms with Crippen molar-refractivity contribution in [2.24, 2.45) is 0 Å². The molecule has 1 aliphatic heterocycles. The fourth-order valence-electron chi connectivity index (χ4n) is 5.04. The Bertz CT molecular complexity index is 1420. The summed E-state index contributed by atoms with van der Waals surface area (Å²) in [7, 11) is -3.69. The third-order valence-electron chi connectivity index (χ3n) is 7.15. The number of rotatable bonds is 11. The van der Waals surface area contributed by atoms with Crippen LogP contribution in [0.4, 0.5) is 0 Å². The summed E-state index contributed by atoms with van der Waals surface area (Å²) in [4.78, 5) is 6.97. The summed E-state index contributed by atoms with van der Waals surface area (Å²) in [5, 5.41) is -0.752. The maximum Gasteiger partial charge on any atom is 0.185 e. The van der Waals surface area contributed by atoms with Crippen LogP contribution < -0.4 is 0 Å². The number of benzene rings is 3. The van der Waals surface area contributed by atoms with E-state index >= 15 is 0 Å². The predicted molar refractivity (Wildman–Crippen MR) is 152 cm³/mol. The van der Waals surface area contributed by atoms with Crippen LogP contribution in [0, 0.1) is 6.92 Å². The van der Waals surface area contributed by atoms with Crippen LogP contribution in [0.15, 0.2) is 114 Å². The standard InChI is InChI=1S/C32H34N2O4S/c1-25-15-17-29(18-16-25)39(35,36)31-21-34(20-28-14-8-9-19-33-28)30(24-37-22-26-10-4-2-5-11-26)32(31)38-23-27-12-6-3-7-13-27/h2-19,30-32H,20-24H2,1H3/t30-,31+,32+/m0/s1. The number of aryl methyl sites for hydroxylation is 1. The van der Waals surface area contributed by atoms with E-state index in [9.17, 15) is 8.42 Å². The monoisotopic (exact) mass is 542 g/mol. The number of ether oxygens (including phenoxy) is 2. The summed E-state index contributed by atoms with van der Waals surface area (Å²) in [6.07, 6.45) is 1.17. The van der Waals surface area contributed by atoms with Gasteiger partial charge in [0.15, 0.2) is 9.84 Å². The molecule has 0 amide bonds. The van der Waals surface area contributed by atoms with E-state index in [1.165, 1.54) is 0 Å². The average Bonchev–Trinajstić information content (AvgIpc) is 3.31. The topological polar surface area (TPSA) is 68.7 Å². The summed E-state index contributed by atoms with van der Waals surface area (Å²) in [6.45, 7) is 3.87. The first-order valence-electron chi connectivity index (χ1n) is 13.2. The fraction of sp³-hybridized carbons (Fsp3) is 0.281. The maximum atomic E-state index is 14.0. The second kappa shape index (κ2) is 12.7. The Kier molecular flexibility index (Phi) is 8.84. The number of aromatic nitrogens is 1. The highest BCUT2D eigenvalue weighted by atomic mass is 32.2. The number of likely N-dealkylation sites (tertiary alicyclic amines) is 1. The van der Waals surface area contributed by atoms with Crippen molar-refractivity contribution < 1.29 is 17.9 Å². The minimum Gasteiger partial charge on any atom is -0.375 e. The van der Waals surface area contributed by atoms with E-state index in [2.05, 4.69) is 9.88 Å². The first-order valence-corrected chi connectivity index (χ1v) is 14.8. The molecule has 7 heteroatoms. The minimum atomic E-state index is -3.69. The Hall–Kier alpha value is -3.36. The molecule has 1 fully saturated rings. The molecule has 0 unspecified atom stereocenters. The van der Waals surface area contributed by atoms with Crippen molar-refractivity contribution in [1.29, 1.82) is 0 Å². The number of sulfone groups is 1. The average molecular weight is 543 g/mol. The molecular weight excluding hydrogens is 508 g/mol. The molecule has 1 aliphatic rings. The van der Waals surface area contributed by atoms with Crippen LogP contribution in [0.2, 0.25) is 0 Å². The highest BCUT2D eigenvalue weighted by molar-refractivity contribution is 7.92. The van der Waals surface area contributed by atoms with Gasteiger partial charge >= 0.3 is 0 Å². The van der Waals surface area contributed by atoms with Crippen molar-refractivity contribution in [2.75, 3.05) is 13.2 Å². The van der Waals surface area contributed by atoms with Gasteiger partial charge < -0.3 is 9.47 Å². The van der Waals surface area contributed by atoms with Gasteiger partial charge in [0.1, 0.15) is 5.25 Å².